The minimum absolute atomic E-state index is 0.0892. The molecule has 33 heavy (non-hydrogen) atoms. The van der Waals surface area contributed by atoms with Crippen LogP contribution in [0.3, 0.4) is 0 Å². The zero-order valence-corrected chi connectivity index (χ0v) is 20.1. The Balaban J connectivity index is 1.23. The van der Waals surface area contributed by atoms with Crippen LogP contribution in [0.2, 0.25) is 0 Å². The van der Waals surface area contributed by atoms with Crippen molar-refractivity contribution >= 4 is 28.2 Å². The molecule has 178 valence electrons. The minimum Gasteiger partial charge on any atom is -0.497 e. The molecule has 1 aromatic heterocycles. The van der Waals surface area contributed by atoms with Crippen LogP contribution < -0.4 is 20.5 Å². The van der Waals surface area contributed by atoms with Crippen LogP contribution in [-0.4, -0.2) is 74.1 Å². The highest BCUT2D eigenvalue weighted by Crippen LogP contribution is 2.39. The number of nitrogens with one attached hydrogen (secondary N) is 1. The average molecular weight is 473 g/mol. The number of thiophene rings is 1. The van der Waals surface area contributed by atoms with E-state index in [1.165, 1.54) is 16.2 Å². The molecule has 2 aliphatic rings. The van der Waals surface area contributed by atoms with Gasteiger partial charge in [0.1, 0.15) is 23.1 Å². The summed E-state index contributed by atoms with van der Waals surface area (Å²) in [5, 5.41) is 3.59. The Morgan fingerprint density at radius 1 is 1.12 bits per heavy atom. The van der Waals surface area contributed by atoms with E-state index in [1.807, 2.05) is 31.2 Å². The second-order valence-electron chi connectivity index (χ2n) is 8.49. The monoisotopic (exact) mass is 472 g/mol. The molecule has 1 fully saturated rings. The highest BCUT2D eigenvalue weighted by atomic mass is 32.1. The number of hydrogen-bond donors (Lipinski definition) is 2. The first-order valence-electron chi connectivity index (χ1n) is 11.4. The molecular weight excluding hydrogens is 440 g/mol. The summed E-state index contributed by atoms with van der Waals surface area (Å²) >= 11 is 1.50. The molecule has 2 aromatic rings. The molecule has 8 nitrogen and oxygen atoms in total. The van der Waals surface area contributed by atoms with E-state index in [9.17, 15) is 9.59 Å². The molecule has 1 saturated heterocycles. The minimum atomic E-state index is -0.456. The fraction of sp³-hybridized carbons (Fsp3) is 0.500. The number of methoxy groups -OCH3 is 1. The number of ether oxygens (including phenoxy) is 2. The van der Waals surface area contributed by atoms with Crippen LogP contribution >= 0.6 is 11.3 Å². The molecule has 0 spiro atoms. The summed E-state index contributed by atoms with van der Waals surface area (Å²) in [6.07, 6.45) is 2.86. The van der Waals surface area contributed by atoms with Gasteiger partial charge in [-0.3, -0.25) is 19.4 Å². The van der Waals surface area contributed by atoms with Gasteiger partial charge in [-0.25, -0.2) is 0 Å². The third kappa shape index (κ3) is 5.48. The van der Waals surface area contributed by atoms with Gasteiger partial charge in [-0.2, -0.15) is 0 Å². The van der Waals surface area contributed by atoms with E-state index in [0.717, 1.165) is 69.0 Å². The first-order chi connectivity index (χ1) is 16.0. The quantitative estimate of drug-likeness (QED) is 0.582. The number of benzene rings is 1. The topological polar surface area (TPSA) is 97.1 Å². The molecule has 4 rings (SSSR count). The Kier molecular flexibility index (Phi) is 7.52. The largest absolute Gasteiger partial charge is 0.497 e. The van der Waals surface area contributed by atoms with Crippen molar-refractivity contribution in [2.75, 3.05) is 51.8 Å². The van der Waals surface area contributed by atoms with Gasteiger partial charge in [0.2, 0.25) is 5.91 Å². The number of nitrogens with two attached hydrogens (primary N) is 1. The van der Waals surface area contributed by atoms with E-state index < -0.39 is 5.91 Å². The lowest BCUT2D eigenvalue weighted by molar-refractivity contribution is -0.121. The molecule has 2 heterocycles. The standard InChI is InChI=1S/C24H32N4O4S/c1-16(23(30)26-24-21(22(25)29)19-4-3-5-20(19)33-24)28-12-10-27(11-13-28)14-15-32-18-8-6-17(31-2)7-9-18/h6-9,16H,3-5,10-15H2,1-2H3,(H2,25,29)(H,26,30). The third-order valence-corrected chi connectivity index (χ3v) is 7.68. The van der Waals surface area contributed by atoms with Crippen molar-refractivity contribution in [2.24, 2.45) is 5.73 Å². The van der Waals surface area contributed by atoms with Gasteiger partial charge in [0.05, 0.1) is 18.7 Å². The molecule has 1 unspecified atom stereocenters. The number of fused-ring (bicyclic) bond motifs is 1. The Bertz CT molecular complexity index is 983. The fourth-order valence-corrected chi connectivity index (χ4v) is 5.77. The Hall–Kier alpha value is -2.62. The zero-order chi connectivity index (χ0) is 23.4. The van der Waals surface area contributed by atoms with Gasteiger partial charge < -0.3 is 20.5 Å². The zero-order valence-electron chi connectivity index (χ0n) is 19.3. The molecule has 1 aromatic carbocycles. The molecule has 1 aliphatic carbocycles. The Morgan fingerprint density at radius 3 is 2.48 bits per heavy atom. The fourth-order valence-electron chi connectivity index (χ4n) is 4.47. The maximum atomic E-state index is 12.9. The number of aryl methyl sites for hydroxylation is 1. The number of nitrogens with zero attached hydrogens (tertiary/aromatic N) is 2. The first kappa shape index (κ1) is 23.5. The smallest absolute Gasteiger partial charge is 0.251 e. The van der Waals surface area contributed by atoms with Crippen LogP contribution in [0, 0.1) is 0 Å². The molecule has 3 N–H and O–H groups in total. The van der Waals surface area contributed by atoms with Gasteiger partial charge in [0.25, 0.3) is 5.91 Å². The van der Waals surface area contributed by atoms with Crippen molar-refractivity contribution in [3.05, 3.63) is 40.3 Å². The Morgan fingerprint density at radius 2 is 1.82 bits per heavy atom. The van der Waals surface area contributed by atoms with E-state index in [2.05, 4.69) is 15.1 Å². The summed E-state index contributed by atoms with van der Waals surface area (Å²) in [7, 11) is 1.64. The number of piperazine rings is 1. The summed E-state index contributed by atoms with van der Waals surface area (Å²) in [6, 6.07) is 7.31. The Labute approximate surface area is 198 Å². The summed E-state index contributed by atoms with van der Waals surface area (Å²) in [6.45, 7) is 6.74. The normalized spacial score (nSPS) is 17.4. The summed E-state index contributed by atoms with van der Waals surface area (Å²) in [4.78, 5) is 30.6. The highest BCUT2D eigenvalue weighted by molar-refractivity contribution is 7.17. The number of rotatable bonds is 9. The van der Waals surface area contributed by atoms with Crippen molar-refractivity contribution in [2.45, 2.75) is 32.2 Å². The third-order valence-electron chi connectivity index (χ3n) is 6.47. The van der Waals surface area contributed by atoms with E-state index in [0.29, 0.717) is 17.2 Å². The molecule has 0 radical (unpaired) electrons. The van der Waals surface area contributed by atoms with Crippen LogP contribution in [0.1, 0.15) is 34.1 Å². The molecular formula is C24H32N4O4S. The van der Waals surface area contributed by atoms with Crippen molar-refractivity contribution in [1.82, 2.24) is 9.80 Å². The molecule has 1 atom stereocenters. The molecule has 2 amide bonds. The van der Waals surface area contributed by atoms with Crippen LogP contribution in [0.15, 0.2) is 24.3 Å². The van der Waals surface area contributed by atoms with Crippen LogP contribution in [0.5, 0.6) is 11.5 Å². The number of carbonyl (C=O) groups excluding carboxylic acids is 2. The lowest BCUT2D eigenvalue weighted by atomic mass is 10.1. The number of primary amides is 1. The van der Waals surface area contributed by atoms with Gasteiger partial charge in [-0.1, -0.05) is 0 Å². The van der Waals surface area contributed by atoms with Crippen LogP contribution in [0.4, 0.5) is 5.00 Å². The second kappa shape index (κ2) is 10.5. The number of carbonyl (C=O) groups is 2. The average Bonchev–Trinajstić information content (AvgIpc) is 3.40. The number of amides is 2. The summed E-state index contributed by atoms with van der Waals surface area (Å²) < 4.78 is 11.0. The summed E-state index contributed by atoms with van der Waals surface area (Å²) in [5.74, 6) is 1.09. The maximum Gasteiger partial charge on any atom is 0.251 e. The summed E-state index contributed by atoms with van der Waals surface area (Å²) in [5.41, 5.74) is 7.15. The van der Waals surface area contributed by atoms with Crippen molar-refractivity contribution in [3.63, 3.8) is 0 Å². The van der Waals surface area contributed by atoms with E-state index >= 15 is 0 Å². The van der Waals surface area contributed by atoms with Crippen molar-refractivity contribution < 1.29 is 19.1 Å². The predicted molar refractivity (Wildman–Crippen MR) is 129 cm³/mol. The maximum absolute atomic E-state index is 12.9. The SMILES string of the molecule is COc1ccc(OCCN2CCN(C(C)C(=O)Nc3sc4c(c3C(N)=O)CCC4)CC2)cc1. The molecule has 9 heteroatoms. The van der Waals surface area contributed by atoms with Gasteiger partial charge in [0, 0.05) is 37.6 Å². The van der Waals surface area contributed by atoms with Crippen molar-refractivity contribution in [1.29, 1.82) is 0 Å². The lowest BCUT2D eigenvalue weighted by Crippen LogP contribution is -2.53. The van der Waals surface area contributed by atoms with Gasteiger partial charge in [-0.15, -0.1) is 11.3 Å². The number of hydrogen-bond acceptors (Lipinski definition) is 7. The highest BCUT2D eigenvalue weighted by Gasteiger charge is 2.29. The van der Waals surface area contributed by atoms with Crippen molar-refractivity contribution in [3.8, 4) is 11.5 Å². The van der Waals surface area contributed by atoms with E-state index in [1.54, 1.807) is 7.11 Å². The predicted octanol–water partition coefficient (Wildman–Crippen LogP) is 2.37. The van der Waals surface area contributed by atoms with Gasteiger partial charge in [0.15, 0.2) is 0 Å². The molecule has 0 saturated carbocycles. The first-order valence-corrected chi connectivity index (χ1v) is 12.3. The molecule has 1 aliphatic heterocycles. The lowest BCUT2D eigenvalue weighted by Gasteiger charge is -2.37. The molecule has 0 bridgehead atoms. The van der Waals surface area contributed by atoms with E-state index in [-0.39, 0.29) is 11.9 Å². The van der Waals surface area contributed by atoms with Gasteiger partial charge in [-0.05, 0) is 56.0 Å². The van der Waals surface area contributed by atoms with Crippen LogP contribution in [-0.2, 0) is 17.6 Å². The number of anilines is 1. The van der Waals surface area contributed by atoms with Crippen LogP contribution in [0.25, 0.3) is 0 Å². The van der Waals surface area contributed by atoms with Gasteiger partial charge >= 0.3 is 0 Å². The van der Waals surface area contributed by atoms with E-state index in [4.69, 9.17) is 15.2 Å². The second-order valence-corrected chi connectivity index (χ2v) is 9.60.